The maximum absolute atomic E-state index is 12.6. The van der Waals surface area contributed by atoms with Gasteiger partial charge in [0.1, 0.15) is 28.8 Å². The number of carbonyl (C=O) groups excluding carboxylic acids is 1. The second-order valence-corrected chi connectivity index (χ2v) is 5.79. The molecule has 0 aliphatic heterocycles. The van der Waals surface area contributed by atoms with Gasteiger partial charge in [-0.05, 0) is 38.5 Å². The molecule has 2 heterocycles. The van der Waals surface area contributed by atoms with Crippen molar-refractivity contribution in [2.45, 2.75) is 20.8 Å². The molecule has 134 valence electrons. The lowest BCUT2D eigenvalue weighted by molar-refractivity contribution is 0.102. The topological polar surface area (TPSA) is 102 Å². The Balaban J connectivity index is 1.84. The summed E-state index contributed by atoms with van der Waals surface area (Å²) in [5, 5.41) is 9.67. The average molecular weight is 353 g/mol. The summed E-state index contributed by atoms with van der Waals surface area (Å²) < 4.78 is 10.3. The van der Waals surface area contributed by atoms with Gasteiger partial charge < -0.3 is 19.9 Å². The molecule has 2 aromatic heterocycles. The van der Waals surface area contributed by atoms with Crippen LogP contribution in [0.4, 0.5) is 17.3 Å². The number of methoxy groups -OCH3 is 1. The summed E-state index contributed by atoms with van der Waals surface area (Å²) in [5.41, 5.74) is 1.81. The molecule has 0 unspecified atom stereocenters. The van der Waals surface area contributed by atoms with Crippen LogP contribution in [0.25, 0.3) is 0 Å². The van der Waals surface area contributed by atoms with E-state index in [1.54, 1.807) is 39.2 Å². The number of aromatic nitrogens is 3. The van der Waals surface area contributed by atoms with Gasteiger partial charge in [-0.15, -0.1) is 0 Å². The average Bonchev–Trinajstić information content (AvgIpc) is 2.99. The molecule has 0 bridgehead atoms. The quantitative estimate of drug-likeness (QED) is 0.725. The Morgan fingerprint density at radius 2 is 1.88 bits per heavy atom. The Morgan fingerprint density at radius 3 is 2.58 bits per heavy atom. The van der Waals surface area contributed by atoms with Crippen LogP contribution in [-0.4, -0.2) is 28.1 Å². The van der Waals surface area contributed by atoms with Gasteiger partial charge in [0.15, 0.2) is 5.82 Å². The smallest absolute Gasteiger partial charge is 0.274 e. The first-order chi connectivity index (χ1) is 12.4. The molecule has 3 rings (SSSR count). The largest absolute Gasteiger partial charge is 0.495 e. The third-order valence-electron chi connectivity index (χ3n) is 3.56. The minimum absolute atomic E-state index is 0.226. The molecular weight excluding hydrogens is 334 g/mol. The van der Waals surface area contributed by atoms with Crippen LogP contribution >= 0.6 is 0 Å². The van der Waals surface area contributed by atoms with Crippen molar-refractivity contribution in [3.05, 3.63) is 53.2 Å². The number of benzene rings is 1. The molecule has 0 spiro atoms. The fourth-order valence-electron chi connectivity index (χ4n) is 2.41. The van der Waals surface area contributed by atoms with Gasteiger partial charge in [-0.2, -0.15) is 0 Å². The number of anilines is 3. The van der Waals surface area contributed by atoms with Crippen molar-refractivity contribution >= 4 is 23.2 Å². The van der Waals surface area contributed by atoms with E-state index in [-0.39, 0.29) is 11.6 Å². The fraction of sp³-hybridized carbons (Fsp3) is 0.222. The van der Waals surface area contributed by atoms with Gasteiger partial charge in [0, 0.05) is 12.1 Å². The van der Waals surface area contributed by atoms with Gasteiger partial charge in [-0.25, -0.2) is 9.97 Å². The highest BCUT2D eigenvalue weighted by atomic mass is 16.5. The van der Waals surface area contributed by atoms with Crippen molar-refractivity contribution in [1.29, 1.82) is 0 Å². The number of rotatable bonds is 5. The van der Waals surface area contributed by atoms with Gasteiger partial charge in [-0.1, -0.05) is 11.2 Å². The molecule has 8 nitrogen and oxygen atoms in total. The summed E-state index contributed by atoms with van der Waals surface area (Å²) in [6.45, 7) is 5.44. The summed E-state index contributed by atoms with van der Waals surface area (Å²) in [7, 11) is 1.55. The predicted octanol–water partition coefficient (Wildman–Crippen LogP) is 3.39. The summed E-state index contributed by atoms with van der Waals surface area (Å²) >= 11 is 0. The molecule has 2 N–H and O–H groups in total. The summed E-state index contributed by atoms with van der Waals surface area (Å²) in [6, 6.07) is 8.83. The SMILES string of the molecule is COc1ccc(C)cc1NC(=O)c1cc(Nc2cc(C)on2)nc(C)n1. The zero-order chi connectivity index (χ0) is 18.7. The summed E-state index contributed by atoms with van der Waals surface area (Å²) in [4.78, 5) is 21.1. The third-order valence-corrected chi connectivity index (χ3v) is 3.56. The van der Waals surface area contributed by atoms with Crippen LogP contribution in [-0.2, 0) is 0 Å². The first-order valence-electron chi connectivity index (χ1n) is 7.96. The molecule has 0 radical (unpaired) electrons. The molecule has 26 heavy (non-hydrogen) atoms. The summed E-state index contributed by atoms with van der Waals surface area (Å²) in [6.07, 6.45) is 0. The van der Waals surface area contributed by atoms with Gasteiger partial charge in [0.05, 0.1) is 12.8 Å². The minimum atomic E-state index is -0.362. The zero-order valence-corrected chi connectivity index (χ0v) is 15.0. The van der Waals surface area contributed by atoms with Gasteiger partial charge >= 0.3 is 0 Å². The number of nitrogens with zero attached hydrogens (tertiary/aromatic N) is 3. The van der Waals surface area contributed by atoms with Gasteiger partial charge in [-0.3, -0.25) is 4.79 Å². The number of ether oxygens (including phenoxy) is 1. The van der Waals surface area contributed by atoms with E-state index < -0.39 is 0 Å². The van der Waals surface area contributed by atoms with E-state index >= 15 is 0 Å². The molecule has 0 atom stereocenters. The second kappa shape index (κ2) is 7.22. The van der Waals surface area contributed by atoms with E-state index in [0.717, 1.165) is 5.56 Å². The monoisotopic (exact) mass is 353 g/mol. The number of hydrogen-bond acceptors (Lipinski definition) is 7. The third kappa shape index (κ3) is 3.97. The molecule has 0 fully saturated rings. The molecule has 1 amide bonds. The predicted molar refractivity (Wildman–Crippen MR) is 97.0 cm³/mol. The molecule has 0 saturated carbocycles. The van der Waals surface area contributed by atoms with Crippen LogP contribution in [0.3, 0.4) is 0 Å². The van der Waals surface area contributed by atoms with E-state index in [9.17, 15) is 4.79 Å². The first-order valence-corrected chi connectivity index (χ1v) is 7.96. The first kappa shape index (κ1) is 17.4. The number of nitrogens with one attached hydrogen (secondary N) is 2. The van der Waals surface area contributed by atoms with Crippen molar-refractivity contribution in [2.75, 3.05) is 17.7 Å². The van der Waals surface area contributed by atoms with Crippen molar-refractivity contribution in [1.82, 2.24) is 15.1 Å². The fourth-order valence-corrected chi connectivity index (χ4v) is 2.41. The molecule has 1 aromatic carbocycles. The zero-order valence-electron chi connectivity index (χ0n) is 15.0. The number of carbonyl (C=O) groups is 1. The van der Waals surface area contributed by atoms with Crippen molar-refractivity contribution in [3.63, 3.8) is 0 Å². The molecule has 8 heteroatoms. The van der Waals surface area contributed by atoms with Gasteiger partial charge in [0.2, 0.25) is 0 Å². The standard InChI is InChI=1S/C18H19N5O3/c1-10-5-6-15(25-4)13(7-10)21-18(24)14-9-16(20-12(3)19-14)22-17-8-11(2)26-23-17/h5-9H,1-4H3,(H,21,24)(H,19,20,22,23). The lowest BCUT2D eigenvalue weighted by Crippen LogP contribution is -2.16. The van der Waals surface area contributed by atoms with E-state index in [2.05, 4.69) is 25.8 Å². The van der Waals surface area contributed by atoms with Crippen LogP contribution in [0.2, 0.25) is 0 Å². The highest BCUT2D eigenvalue weighted by Gasteiger charge is 2.14. The van der Waals surface area contributed by atoms with Crippen LogP contribution in [0.1, 0.15) is 27.6 Å². The normalized spacial score (nSPS) is 10.5. The molecular formula is C18H19N5O3. The van der Waals surface area contributed by atoms with E-state index in [1.807, 2.05) is 19.1 Å². The van der Waals surface area contributed by atoms with Crippen LogP contribution in [0.5, 0.6) is 5.75 Å². The number of aryl methyl sites for hydroxylation is 3. The Morgan fingerprint density at radius 1 is 1.08 bits per heavy atom. The lowest BCUT2D eigenvalue weighted by atomic mass is 10.2. The Labute approximate surface area is 150 Å². The van der Waals surface area contributed by atoms with Crippen LogP contribution in [0.15, 0.2) is 34.9 Å². The van der Waals surface area contributed by atoms with E-state index in [0.29, 0.717) is 34.7 Å². The number of amides is 1. The molecule has 3 aromatic rings. The lowest BCUT2D eigenvalue weighted by Gasteiger charge is -2.11. The maximum atomic E-state index is 12.6. The van der Waals surface area contributed by atoms with Crippen molar-refractivity contribution in [2.24, 2.45) is 0 Å². The number of hydrogen-bond donors (Lipinski definition) is 2. The van der Waals surface area contributed by atoms with Crippen LogP contribution in [0, 0.1) is 20.8 Å². The maximum Gasteiger partial charge on any atom is 0.274 e. The highest BCUT2D eigenvalue weighted by Crippen LogP contribution is 2.26. The van der Waals surface area contributed by atoms with Crippen molar-refractivity contribution < 1.29 is 14.1 Å². The van der Waals surface area contributed by atoms with Crippen LogP contribution < -0.4 is 15.4 Å². The molecule has 0 aliphatic carbocycles. The van der Waals surface area contributed by atoms with E-state index in [4.69, 9.17) is 9.26 Å². The van der Waals surface area contributed by atoms with Crippen molar-refractivity contribution in [3.8, 4) is 5.75 Å². The summed E-state index contributed by atoms with van der Waals surface area (Å²) in [5.74, 6) is 2.30. The Hall–Kier alpha value is -3.42. The Kier molecular flexibility index (Phi) is 4.83. The Bertz CT molecular complexity index is 952. The minimum Gasteiger partial charge on any atom is -0.495 e. The molecule has 0 aliphatic rings. The van der Waals surface area contributed by atoms with E-state index in [1.165, 1.54) is 0 Å². The molecule has 0 saturated heterocycles. The highest BCUT2D eigenvalue weighted by molar-refractivity contribution is 6.04. The van der Waals surface area contributed by atoms with Gasteiger partial charge in [0.25, 0.3) is 5.91 Å². The second-order valence-electron chi connectivity index (χ2n) is 5.79.